The lowest BCUT2D eigenvalue weighted by atomic mass is 10.1. The van der Waals surface area contributed by atoms with E-state index in [4.69, 9.17) is 9.47 Å². The second-order valence-corrected chi connectivity index (χ2v) is 8.02. The molecule has 0 bridgehead atoms. The lowest BCUT2D eigenvalue weighted by Gasteiger charge is -2.13. The van der Waals surface area contributed by atoms with E-state index in [1.165, 1.54) is 20.5 Å². The fourth-order valence-corrected chi connectivity index (χ4v) is 4.21. The van der Waals surface area contributed by atoms with Crippen molar-refractivity contribution in [1.82, 2.24) is 19.6 Å². The first-order valence-corrected chi connectivity index (χ1v) is 10.9. The second kappa shape index (κ2) is 9.69. The molecule has 164 valence electrons. The summed E-state index contributed by atoms with van der Waals surface area (Å²) in [6, 6.07) is 14.9. The highest BCUT2D eigenvalue weighted by Crippen LogP contribution is 2.31. The van der Waals surface area contributed by atoms with Gasteiger partial charge < -0.3 is 14.8 Å². The van der Waals surface area contributed by atoms with E-state index >= 15 is 0 Å². The number of fused-ring (bicyclic) bond motifs is 1. The first kappa shape index (κ1) is 21.6. The van der Waals surface area contributed by atoms with Crippen LogP contribution in [0.5, 0.6) is 11.5 Å². The molecule has 0 spiro atoms. The van der Waals surface area contributed by atoms with Gasteiger partial charge in [0.2, 0.25) is 0 Å². The largest absolute Gasteiger partial charge is 0.496 e. The molecule has 0 aliphatic rings. The zero-order valence-corrected chi connectivity index (χ0v) is 18.8. The molecule has 2 aromatic carbocycles. The van der Waals surface area contributed by atoms with E-state index in [0.29, 0.717) is 28.5 Å². The van der Waals surface area contributed by atoms with Crippen LogP contribution >= 0.6 is 11.8 Å². The van der Waals surface area contributed by atoms with Crippen LogP contribution in [-0.2, 0) is 6.42 Å². The Morgan fingerprint density at radius 1 is 1.09 bits per heavy atom. The van der Waals surface area contributed by atoms with Crippen LogP contribution < -0.4 is 14.8 Å². The number of aromatic nitrogens is 4. The monoisotopic (exact) mass is 449 g/mol. The fourth-order valence-electron chi connectivity index (χ4n) is 3.28. The Labute approximate surface area is 190 Å². The number of nitrogens with zero attached hydrogens (tertiary/aromatic N) is 4. The van der Waals surface area contributed by atoms with Crippen LogP contribution in [0.25, 0.3) is 5.78 Å². The Bertz CT molecular complexity index is 1220. The van der Waals surface area contributed by atoms with Gasteiger partial charge in [-0.2, -0.15) is 14.6 Å². The molecule has 0 saturated heterocycles. The van der Waals surface area contributed by atoms with Gasteiger partial charge in [0.15, 0.2) is 0 Å². The van der Waals surface area contributed by atoms with Crippen LogP contribution in [0, 0.1) is 0 Å². The Balaban J connectivity index is 1.53. The molecule has 0 aliphatic carbocycles. The number of rotatable bonds is 8. The molecule has 0 aliphatic heterocycles. The molecule has 1 amide bonds. The Hall–Kier alpha value is -3.59. The van der Waals surface area contributed by atoms with E-state index in [9.17, 15) is 4.79 Å². The van der Waals surface area contributed by atoms with Crippen molar-refractivity contribution in [2.75, 3.05) is 19.5 Å². The zero-order valence-electron chi connectivity index (χ0n) is 18.0. The molecule has 8 nitrogen and oxygen atoms in total. The molecule has 0 fully saturated rings. The minimum absolute atomic E-state index is 0.303. The van der Waals surface area contributed by atoms with Crippen LogP contribution in [0.2, 0.25) is 0 Å². The smallest absolute Gasteiger partial charge is 0.263 e. The number of benzene rings is 2. The van der Waals surface area contributed by atoms with E-state index in [2.05, 4.69) is 27.3 Å². The zero-order chi connectivity index (χ0) is 22.5. The van der Waals surface area contributed by atoms with Crippen molar-refractivity contribution in [2.45, 2.75) is 29.7 Å². The number of hydrogen-bond donors (Lipinski definition) is 1. The number of ether oxygens (including phenoxy) is 2. The molecular formula is C23H23N5O3S. The fraction of sp³-hybridized carbons (Fsp3) is 0.217. The summed E-state index contributed by atoms with van der Waals surface area (Å²) in [5.41, 5.74) is 2.01. The van der Waals surface area contributed by atoms with Crippen LogP contribution in [0.1, 0.15) is 29.4 Å². The third kappa shape index (κ3) is 4.52. The molecule has 4 rings (SSSR count). The summed E-state index contributed by atoms with van der Waals surface area (Å²) in [4.78, 5) is 22.6. The van der Waals surface area contributed by atoms with Gasteiger partial charge in [0, 0.05) is 16.3 Å². The summed E-state index contributed by atoms with van der Waals surface area (Å²) < 4.78 is 12.4. The minimum atomic E-state index is -0.303. The lowest BCUT2D eigenvalue weighted by molar-refractivity contribution is 0.102. The van der Waals surface area contributed by atoms with Crippen molar-refractivity contribution >= 4 is 29.1 Å². The molecule has 0 atom stereocenters. The molecule has 0 unspecified atom stereocenters. The van der Waals surface area contributed by atoms with Crippen molar-refractivity contribution in [3.05, 3.63) is 66.1 Å². The molecule has 9 heteroatoms. The summed E-state index contributed by atoms with van der Waals surface area (Å²) >= 11 is 1.57. The number of carbonyl (C=O) groups is 1. The number of carbonyl (C=O) groups excluding carboxylic acids is 1. The first-order chi connectivity index (χ1) is 15.6. The molecule has 4 aromatic rings. The van der Waals surface area contributed by atoms with Crippen LogP contribution in [0.4, 0.5) is 5.69 Å². The number of methoxy groups -OCH3 is 2. The van der Waals surface area contributed by atoms with Crippen molar-refractivity contribution in [3.8, 4) is 11.5 Å². The first-order valence-electron chi connectivity index (χ1n) is 10.1. The molecule has 32 heavy (non-hydrogen) atoms. The highest BCUT2D eigenvalue weighted by molar-refractivity contribution is 7.99. The van der Waals surface area contributed by atoms with E-state index in [0.717, 1.165) is 28.5 Å². The summed E-state index contributed by atoms with van der Waals surface area (Å²) in [5, 5.41) is 8.12. The standard InChI is InChI=1S/C23H23N5O3S/c1-4-6-16-13-20(28-23(27-16)24-14-25-28)32-17-11-9-15(10-12-17)26-22(29)21-18(30-2)7-5-8-19(21)31-3/h5,7-14H,4,6H2,1-3H3,(H,26,29). The quantitative estimate of drug-likeness (QED) is 0.396. The molecule has 2 heterocycles. The van der Waals surface area contributed by atoms with Crippen molar-refractivity contribution in [3.63, 3.8) is 0 Å². The summed E-state index contributed by atoms with van der Waals surface area (Å²) in [6.45, 7) is 2.12. The van der Waals surface area contributed by atoms with E-state index in [1.807, 2.05) is 30.3 Å². The van der Waals surface area contributed by atoms with Gasteiger partial charge in [0.05, 0.1) is 14.2 Å². The molecule has 2 aromatic heterocycles. The van der Waals surface area contributed by atoms with E-state index in [1.54, 1.807) is 34.5 Å². The Morgan fingerprint density at radius 3 is 2.47 bits per heavy atom. The predicted octanol–water partition coefficient (Wildman–Crippen LogP) is 4.50. The summed E-state index contributed by atoms with van der Waals surface area (Å²) in [6.07, 6.45) is 3.40. The average Bonchev–Trinajstić information content (AvgIpc) is 3.29. The molecule has 0 radical (unpaired) electrons. The highest BCUT2D eigenvalue weighted by atomic mass is 32.2. The summed E-state index contributed by atoms with van der Waals surface area (Å²) in [7, 11) is 3.05. The van der Waals surface area contributed by atoms with Gasteiger partial charge in [0.1, 0.15) is 28.4 Å². The van der Waals surface area contributed by atoms with Gasteiger partial charge in [-0.05, 0) is 48.9 Å². The second-order valence-electron chi connectivity index (χ2n) is 6.93. The highest BCUT2D eigenvalue weighted by Gasteiger charge is 2.18. The van der Waals surface area contributed by atoms with Crippen LogP contribution in [0.15, 0.2) is 64.8 Å². The van der Waals surface area contributed by atoms with Crippen molar-refractivity contribution in [1.29, 1.82) is 0 Å². The molecular weight excluding hydrogens is 426 g/mol. The summed E-state index contributed by atoms with van der Waals surface area (Å²) in [5.74, 6) is 1.19. The maximum Gasteiger partial charge on any atom is 0.263 e. The minimum Gasteiger partial charge on any atom is -0.496 e. The van der Waals surface area contributed by atoms with E-state index in [-0.39, 0.29) is 5.91 Å². The third-order valence-corrected chi connectivity index (χ3v) is 5.78. The third-order valence-electron chi connectivity index (χ3n) is 4.77. The number of hydrogen-bond acceptors (Lipinski definition) is 7. The Morgan fingerprint density at radius 2 is 1.81 bits per heavy atom. The number of aryl methyl sites for hydroxylation is 1. The number of anilines is 1. The average molecular weight is 450 g/mol. The topological polar surface area (TPSA) is 90.6 Å². The number of nitrogens with one attached hydrogen (secondary N) is 1. The number of amides is 1. The van der Waals surface area contributed by atoms with Crippen LogP contribution in [0.3, 0.4) is 0 Å². The molecule has 0 saturated carbocycles. The lowest BCUT2D eigenvalue weighted by Crippen LogP contribution is -2.14. The molecule has 1 N–H and O–H groups in total. The SMILES string of the molecule is CCCc1cc(Sc2ccc(NC(=O)c3c(OC)cccc3OC)cc2)n2ncnc2n1. The van der Waals surface area contributed by atoms with Crippen LogP contribution in [-0.4, -0.2) is 39.7 Å². The predicted molar refractivity (Wildman–Crippen MR) is 123 cm³/mol. The maximum atomic E-state index is 12.9. The van der Waals surface area contributed by atoms with E-state index < -0.39 is 0 Å². The normalized spacial score (nSPS) is 10.8. The van der Waals surface area contributed by atoms with Gasteiger partial charge in [-0.1, -0.05) is 31.2 Å². The van der Waals surface area contributed by atoms with Gasteiger partial charge >= 0.3 is 0 Å². The Kier molecular flexibility index (Phi) is 6.55. The van der Waals surface area contributed by atoms with Crippen molar-refractivity contribution < 1.29 is 14.3 Å². The van der Waals surface area contributed by atoms with Gasteiger partial charge in [0.25, 0.3) is 11.7 Å². The van der Waals surface area contributed by atoms with Crippen molar-refractivity contribution in [2.24, 2.45) is 0 Å². The maximum absolute atomic E-state index is 12.9. The van der Waals surface area contributed by atoms with Gasteiger partial charge in [-0.15, -0.1) is 0 Å². The van der Waals surface area contributed by atoms with Gasteiger partial charge in [-0.3, -0.25) is 4.79 Å². The van der Waals surface area contributed by atoms with Gasteiger partial charge in [-0.25, -0.2) is 4.98 Å².